The van der Waals surface area contributed by atoms with Crippen molar-refractivity contribution in [3.63, 3.8) is 0 Å². The van der Waals surface area contributed by atoms with E-state index >= 15 is 0 Å². The van der Waals surface area contributed by atoms with Gasteiger partial charge in [0.05, 0.1) is 56.6 Å². The second kappa shape index (κ2) is 17.3. The summed E-state index contributed by atoms with van der Waals surface area (Å²) in [4.78, 5) is 46.1. The highest BCUT2D eigenvalue weighted by Gasteiger charge is 2.20. The van der Waals surface area contributed by atoms with E-state index in [1.807, 2.05) is 53.1 Å². The highest BCUT2D eigenvalue weighted by molar-refractivity contribution is 5.75. The first kappa shape index (κ1) is 41.1. The molecule has 7 rings (SSSR count). The summed E-state index contributed by atoms with van der Waals surface area (Å²) < 4.78 is 25.1. The molecular formula is C40H45N13O6. The number of nitrogen functional groups attached to an aromatic ring is 1. The molecule has 0 unspecified atom stereocenters. The van der Waals surface area contributed by atoms with E-state index in [9.17, 15) is 9.59 Å². The smallest absolute Gasteiger partial charge is 0.435 e. The summed E-state index contributed by atoms with van der Waals surface area (Å²) in [5, 5.41) is 14.3. The van der Waals surface area contributed by atoms with Crippen LogP contribution in [0.1, 0.15) is 52.9 Å². The lowest BCUT2D eigenvalue weighted by atomic mass is 10.2. The average Bonchev–Trinajstić information content (AvgIpc) is 3.96. The number of anilines is 5. The van der Waals surface area contributed by atoms with Gasteiger partial charge in [0.25, 0.3) is 0 Å². The normalized spacial score (nSPS) is 11.3. The molecule has 0 aliphatic heterocycles. The third-order valence-electron chi connectivity index (χ3n) is 7.86. The maximum atomic E-state index is 12.1. The summed E-state index contributed by atoms with van der Waals surface area (Å²) in [6.07, 6.45) is 10.3. The number of aromatic nitrogens is 10. The number of methoxy groups -OCH3 is 2. The summed E-state index contributed by atoms with van der Waals surface area (Å²) in [5.41, 5.74) is 9.55. The van der Waals surface area contributed by atoms with Gasteiger partial charge in [-0.25, -0.2) is 29.5 Å². The Morgan fingerprint density at radius 2 is 1.31 bits per heavy atom. The molecule has 59 heavy (non-hydrogen) atoms. The van der Waals surface area contributed by atoms with Crippen LogP contribution in [0.3, 0.4) is 0 Å². The minimum absolute atomic E-state index is 0.349. The molecule has 0 aliphatic rings. The van der Waals surface area contributed by atoms with Gasteiger partial charge in [-0.15, -0.1) is 0 Å². The number of nitrogens with zero attached hydrogens (tertiary/aromatic N) is 10. The molecule has 4 N–H and O–H groups in total. The minimum Gasteiger partial charge on any atom is -0.497 e. The molecule has 5 aromatic heterocycles. The van der Waals surface area contributed by atoms with Crippen molar-refractivity contribution in [2.75, 3.05) is 30.6 Å². The van der Waals surface area contributed by atoms with Crippen LogP contribution < -0.4 is 25.8 Å². The number of carbonyl (C=O) groups excluding carboxylic acids is 2. The first-order valence-electron chi connectivity index (χ1n) is 18.2. The fraction of sp³-hybridized carbons (Fsp3) is 0.275. The van der Waals surface area contributed by atoms with Gasteiger partial charge in [-0.2, -0.15) is 24.5 Å². The van der Waals surface area contributed by atoms with Crippen LogP contribution in [0.15, 0.2) is 92.0 Å². The summed E-state index contributed by atoms with van der Waals surface area (Å²) >= 11 is 0. The van der Waals surface area contributed by atoms with E-state index in [2.05, 4.69) is 45.8 Å². The highest BCUT2D eigenvalue weighted by Crippen LogP contribution is 2.24. The summed E-state index contributed by atoms with van der Waals surface area (Å²) in [6, 6.07) is 15.0. The van der Waals surface area contributed by atoms with E-state index in [1.165, 1.54) is 12.4 Å². The van der Waals surface area contributed by atoms with Gasteiger partial charge in [-0.3, -0.25) is 4.57 Å². The van der Waals surface area contributed by atoms with Crippen molar-refractivity contribution in [1.29, 1.82) is 0 Å². The van der Waals surface area contributed by atoms with Crippen LogP contribution in [0, 0.1) is 0 Å². The van der Waals surface area contributed by atoms with Crippen LogP contribution in [0.5, 0.6) is 11.5 Å². The molecule has 0 bridgehead atoms. The second-order valence-corrected chi connectivity index (χ2v) is 14.9. The number of hydrogen-bond acceptors (Lipinski definition) is 16. The van der Waals surface area contributed by atoms with Gasteiger partial charge in [-0.1, -0.05) is 0 Å². The zero-order valence-electron chi connectivity index (χ0n) is 33.9. The number of fused-ring (bicyclic) bond motifs is 1. The Morgan fingerprint density at radius 1 is 0.695 bits per heavy atom. The molecule has 19 nitrogen and oxygen atoms in total. The van der Waals surface area contributed by atoms with Crippen LogP contribution in [0.25, 0.3) is 16.9 Å². The van der Waals surface area contributed by atoms with Gasteiger partial charge >= 0.3 is 12.2 Å². The predicted molar refractivity (Wildman–Crippen MR) is 220 cm³/mol. The van der Waals surface area contributed by atoms with E-state index in [4.69, 9.17) is 24.7 Å². The number of hydrogen-bond donors (Lipinski definition) is 3. The number of ether oxygens (including phenoxy) is 4. The summed E-state index contributed by atoms with van der Waals surface area (Å²) in [6.45, 7) is 10.8. The van der Waals surface area contributed by atoms with Crippen LogP contribution in [-0.4, -0.2) is 86.7 Å². The maximum Gasteiger partial charge on any atom is 0.435 e. The largest absolute Gasteiger partial charge is 0.497 e. The number of imidazole rings is 1. The lowest BCUT2D eigenvalue weighted by Gasteiger charge is -2.18. The molecule has 306 valence electrons. The van der Waals surface area contributed by atoms with Gasteiger partial charge in [0.15, 0.2) is 11.5 Å². The molecular weight excluding hydrogens is 759 g/mol. The molecule has 0 saturated carbocycles. The van der Waals surface area contributed by atoms with Gasteiger partial charge < -0.3 is 35.3 Å². The minimum atomic E-state index is -0.607. The van der Waals surface area contributed by atoms with Gasteiger partial charge in [0.2, 0.25) is 5.95 Å². The van der Waals surface area contributed by atoms with E-state index in [0.29, 0.717) is 46.6 Å². The van der Waals surface area contributed by atoms with Crippen molar-refractivity contribution in [2.45, 2.75) is 59.2 Å². The highest BCUT2D eigenvalue weighted by atomic mass is 16.6. The summed E-state index contributed by atoms with van der Waals surface area (Å²) in [5.74, 6) is 2.91. The third kappa shape index (κ3) is 11.1. The Morgan fingerprint density at radius 3 is 1.93 bits per heavy atom. The standard InChI is InChI=1S/C20H21N7O3.C20H24N6O3/c1-20(2,3)30-19(28)27-11-13(9-23-27)24-18-21-10-16-17(25-18)26(12-22-16)14-5-7-15(29-4)8-6-14;1-20(2,3)29-19(27)26-12-13(10-23-26)9-17-22-11-16(21)18(25-17)24-14-5-7-15(28-4)8-6-14/h5-12H,1-4H3,(H,21,24,25);5-8,10-12H,9,21H2,1-4H3,(H,22,24,25). The number of carbonyl (C=O) groups is 2. The van der Waals surface area contributed by atoms with Gasteiger partial charge in [-0.05, 0) is 95.6 Å². The molecule has 0 spiro atoms. The van der Waals surface area contributed by atoms with Crippen molar-refractivity contribution in [3.05, 3.63) is 103 Å². The average molecular weight is 804 g/mol. The molecule has 0 radical (unpaired) electrons. The van der Waals surface area contributed by atoms with E-state index in [-0.39, 0.29) is 0 Å². The second-order valence-electron chi connectivity index (χ2n) is 14.9. The van der Waals surface area contributed by atoms with Crippen molar-refractivity contribution in [1.82, 2.24) is 49.0 Å². The SMILES string of the molecule is COc1ccc(-n2cnc3cnc(Nc4cnn(C(=O)OC(C)(C)C)c4)nc32)cc1.COc1ccc(Nc2nc(Cc3cnn(C(=O)OC(C)(C)C)c3)ncc2N)cc1. The van der Waals surface area contributed by atoms with Crippen LogP contribution >= 0.6 is 0 Å². The molecule has 7 aromatic rings. The fourth-order valence-electron chi connectivity index (χ4n) is 5.19. The number of nitrogens with one attached hydrogen (secondary N) is 2. The van der Waals surface area contributed by atoms with Crippen LogP contribution in [0.4, 0.5) is 38.4 Å². The van der Waals surface area contributed by atoms with Crippen molar-refractivity contribution in [2.24, 2.45) is 0 Å². The van der Waals surface area contributed by atoms with Crippen LogP contribution in [0.2, 0.25) is 0 Å². The Kier molecular flexibility index (Phi) is 12.0. The topological polar surface area (TPSA) is 226 Å². The molecule has 0 amide bonds. The predicted octanol–water partition coefficient (Wildman–Crippen LogP) is 6.93. The van der Waals surface area contributed by atoms with Crippen molar-refractivity contribution in [3.8, 4) is 17.2 Å². The van der Waals surface area contributed by atoms with Gasteiger partial charge in [0.1, 0.15) is 40.4 Å². The zero-order chi connectivity index (χ0) is 42.3. The van der Waals surface area contributed by atoms with Crippen LogP contribution in [-0.2, 0) is 15.9 Å². The van der Waals surface area contributed by atoms with E-state index in [1.54, 1.807) is 86.9 Å². The van der Waals surface area contributed by atoms with E-state index < -0.39 is 23.4 Å². The number of nitrogens with two attached hydrogens (primary N) is 1. The molecule has 0 saturated heterocycles. The number of benzene rings is 2. The Labute approximate surface area is 339 Å². The quantitative estimate of drug-likeness (QED) is 0.134. The molecule has 19 heteroatoms. The first-order valence-corrected chi connectivity index (χ1v) is 18.2. The zero-order valence-corrected chi connectivity index (χ0v) is 33.9. The van der Waals surface area contributed by atoms with Crippen molar-refractivity contribution >= 4 is 52.2 Å². The third-order valence-corrected chi connectivity index (χ3v) is 7.86. The lowest BCUT2D eigenvalue weighted by molar-refractivity contribution is 0.0503. The number of rotatable bonds is 9. The van der Waals surface area contributed by atoms with E-state index in [0.717, 1.165) is 37.8 Å². The van der Waals surface area contributed by atoms with Crippen molar-refractivity contribution < 1.29 is 28.5 Å². The Bertz CT molecular complexity index is 2530. The maximum absolute atomic E-state index is 12.1. The monoisotopic (exact) mass is 803 g/mol. The summed E-state index contributed by atoms with van der Waals surface area (Å²) in [7, 11) is 3.24. The molecule has 0 atom stereocenters. The lowest BCUT2D eigenvalue weighted by Crippen LogP contribution is -2.27. The first-order chi connectivity index (χ1) is 28.1. The Hall–Kier alpha value is -7.57. The molecule has 0 aliphatic carbocycles. The van der Waals surface area contributed by atoms with Gasteiger partial charge in [0, 0.05) is 24.0 Å². The molecule has 0 fully saturated rings. The Balaban J connectivity index is 0.000000199. The fourth-order valence-corrected chi connectivity index (χ4v) is 5.19. The molecule has 5 heterocycles. The molecule has 2 aromatic carbocycles.